The zero-order valence-electron chi connectivity index (χ0n) is 21.7. The third-order valence-corrected chi connectivity index (χ3v) is 7.41. The first-order valence-electron chi connectivity index (χ1n) is 12.3. The van der Waals surface area contributed by atoms with Crippen LogP contribution in [0.5, 0.6) is 5.75 Å². The van der Waals surface area contributed by atoms with E-state index in [2.05, 4.69) is 15.1 Å². The van der Waals surface area contributed by atoms with Gasteiger partial charge < -0.3 is 14.7 Å². The van der Waals surface area contributed by atoms with E-state index >= 15 is 0 Å². The zero-order valence-corrected chi connectivity index (χ0v) is 22.5. The Bertz CT molecular complexity index is 1550. The molecule has 0 fully saturated rings. The molecule has 5 N–H and O–H groups in total. The molecule has 12 nitrogen and oxygen atoms in total. The summed E-state index contributed by atoms with van der Waals surface area (Å²) in [7, 11) is -2.27. The molecule has 4 rings (SSSR count). The summed E-state index contributed by atoms with van der Waals surface area (Å²) in [6.45, 7) is 4.18. The monoisotopic (exact) mass is 554 g/mol. The highest BCUT2D eigenvalue weighted by molar-refractivity contribution is 7.92. The Morgan fingerprint density at radius 3 is 2.62 bits per heavy atom. The molecule has 0 bridgehead atoms. The maximum absolute atomic E-state index is 13.3. The van der Waals surface area contributed by atoms with Gasteiger partial charge in [-0.15, -0.1) is 0 Å². The van der Waals surface area contributed by atoms with Gasteiger partial charge in [0.15, 0.2) is 0 Å². The van der Waals surface area contributed by atoms with E-state index in [1.807, 2.05) is 6.92 Å². The Morgan fingerprint density at radius 2 is 1.95 bits per heavy atom. The van der Waals surface area contributed by atoms with E-state index in [4.69, 9.17) is 14.9 Å². The summed E-state index contributed by atoms with van der Waals surface area (Å²) in [5, 5.41) is 10.2. The largest absolute Gasteiger partial charge is 0.493 e. The van der Waals surface area contributed by atoms with Crippen molar-refractivity contribution in [3.63, 3.8) is 0 Å². The minimum atomic E-state index is -4.03. The number of fused-ring (bicyclic) bond motifs is 1. The predicted octanol–water partition coefficient (Wildman–Crippen LogP) is 2.95. The minimum Gasteiger partial charge on any atom is -0.493 e. The van der Waals surface area contributed by atoms with Gasteiger partial charge in [-0.05, 0) is 55.3 Å². The number of rotatable bonds is 10. The van der Waals surface area contributed by atoms with Crippen molar-refractivity contribution < 1.29 is 23.2 Å². The number of sulfonamides is 1. The van der Waals surface area contributed by atoms with Crippen molar-refractivity contribution in [3.8, 4) is 17.1 Å². The average Bonchev–Trinajstić information content (AvgIpc) is 3.23. The second-order valence-corrected chi connectivity index (χ2v) is 10.5. The van der Waals surface area contributed by atoms with Gasteiger partial charge in [-0.3, -0.25) is 19.5 Å². The molecule has 1 aliphatic heterocycles. The summed E-state index contributed by atoms with van der Waals surface area (Å²) < 4.78 is 34.8. The quantitative estimate of drug-likeness (QED) is 0.144. The highest BCUT2D eigenvalue weighted by Gasteiger charge is 2.31. The molecule has 1 aromatic heterocycles. The number of amides is 1. The van der Waals surface area contributed by atoms with Gasteiger partial charge in [0, 0.05) is 18.8 Å². The summed E-state index contributed by atoms with van der Waals surface area (Å²) >= 11 is 0. The van der Waals surface area contributed by atoms with Crippen molar-refractivity contribution in [2.24, 2.45) is 0 Å². The third-order valence-electron chi connectivity index (χ3n) is 6.03. The van der Waals surface area contributed by atoms with Gasteiger partial charge >= 0.3 is 0 Å². The van der Waals surface area contributed by atoms with Gasteiger partial charge in [0.2, 0.25) is 0 Å². The number of ether oxygens (including phenoxy) is 1. The minimum absolute atomic E-state index is 0.0481. The van der Waals surface area contributed by atoms with Crippen LogP contribution in [0.2, 0.25) is 0 Å². The molecule has 1 amide bonds. The van der Waals surface area contributed by atoms with Crippen LogP contribution in [0.1, 0.15) is 44.0 Å². The van der Waals surface area contributed by atoms with E-state index in [0.717, 1.165) is 18.9 Å². The number of hydrogen-bond acceptors (Lipinski definition) is 9. The van der Waals surface area contributed by atoms with Crippen LogP contribution in [-0.2, 0) is 14.8 Å². The molecule has 1 atom stereocenters. The number of benzene rings is 2. The number of carbonyl (C=O) groups excluding carboxylic acids is 1. The molecule has 0 spiro atoms. The lowest BCUT2D eigenvalue weighted by molar-refractivity contribution is -0.124. The summed E-state index contributed by atoms with van der Waals surface area (Å²) in [5.41, 5.74) is 6.68. The predicted molar refractivity (Wildman–Crippen MR) is 147 cm³/mol. The Morgan fingerprint density at radius 1 is 1.21 bits per heavy atom. The van der Waals surface area contributed by atoms with Crippen molar-refractivity contribution in [2.45, 2.75) is 37.6 Å². The molecule has 3 aromatic rings. The van der Waals surface area contributed by atoms with Crippen LogP contribution in [0.4, 0.5) is 11.4 Å². The molecule has 13 heteroatoms. The number of H-pyrrole nitrogens is 1. The van der Waals surface area contributed by atoms with Crippen LogP contribution in [-0.4, -0.2) is 43.2 Å². The molecule has 2 aromatic carbocycles. The smallest absolute Gasteiger partial charge is 0.276 e. The van der Waals surface area contributed by atoms with Crippen molar-refractivity contribution in [3.05, 3.63) is 70.2 Å². The highest BCUT2D eigenvalue weighted by atomic mass is 32.2. The van der Waals surface area contributed by atoms with E-state index in [1.54, 1.807) is 43.2 Å². The molecule has 1 aliphatic rings. The topological polar surface area (TPSA) is 166 Å². The van der Waals surface area contributed by atoms with Gasteiger partial charge in [0.25, 0.3) is 21.5 Å². The zero-order chi connectivity index (χ0) is 28.2. The number of hydroxylamine groups is 1. The van der Waals surface area contributed by atoms with Gasteiger partial charge in [0.1, 0.15) is 17.3 Å². The molecular weight excluding hydrogens is 524 g/mol. The van der Waals surface area contributed by atoms with Gasteiger partial charge in [-0.2, -0.15) is 0 Å². The molecule has 0 aliphatic carbocycles. The summed E-state index contributed by atoms with van der Waals surface area (Å²) in [5.74, 6) is -0.0936. The first-order chi connectivity index (χ1) is 18.7. The van der Waals surface area contributed by atoms with Crippen LogP contribution in [0.15, 0.2) is 58.2 Å². The fourth-order valence-corrected chi connectivity index (χ4v) is 5.34. The normalized spacial score (nSPS) is 14.9. The molecule has 206 valence electrons. The van der Waals surface area contributed by atoms with Gasteiger partial charge in [0.05, 0.1) is 28.8 Å². The van der Waals surface area contributed by atoms with E-state index < -0.39 is 15.9 Å². The second-order valence-electron chi connectivity index (χ2n) is 8.81. The van der Waals surface area contributed by atoms with Crippen LogP contribution in [0.25, 0.3) is 17.5 Å². The first-order valence-corrected chi connectivity index (χ1v) is 13.8. The molecule has 1 unspecified atom stereocenters. The Hall–Kier alpha value is -4.20. The molecule has 39 heavy (non-hydrogen) atoms. The first kappa shape index (κ1) is 27.8. The standard InChI is InChI=1S/C26H30N6O6S/c1-4-6-20-23-24(32(3)29-20)26(34)28-25(27-23)19-15-18(12-13-21(19)38-5-2)39(36,37)31-17-10-7-16(8-11-17)9-14-22(33)30-35/h7-15,20,29,31,35H,4-6H2,1-3H3,(H,30,33)(H,27,28,34)/b14-9+. The number of nitrogens with one attached hydrogen (secondary N) is 4. The van der Waals surface area contributed by atoms with Crippen LogP contribution >= 0.6 is 0 Å². The van der Waals surface area contributed by atoms with Crippen molar-refractivity contribution >= 4 is 33.4 Å². The lowest BCUT2D eigenvalue weighted by Gasteiger charge is -2.14. The Labute approximate surface area is 225 Å². The van der Waals surface area contributed by atoms with Crippen LogP contribution < -0.4 is 30.9 Å². The van der Waals surface area contributed by atoms with Crippen LogP contribution in [0.3, 0.4) is 0 Å². The SMILES string of the molecule is CCCC1NN(C)c2c1nc(-c1cc(S(=O)(=O)Nc3ccc(/C=C/C(=O)NO)cc3)ccc1OCC)[nH]c2=O. The van der Waals surface area contributed by atoms with Gasteiger partial charge in [-0.25, -0.2) is 24.3 Å². The maximum Gasteiger partial charge on any atom is 0.276 e. The molecule has 2 heterocycles. The second kappa shape index (κ2) is 11.7. The highest BCUT2D eigenvalue weighted by Crippen LogP contribution is 2.35. The Kier molecular flexibility index (Phi) is 8.33. The number of aromatic amines is 1. The van der Waals surface area contributed by atoms with Crippen molar-refractivity contribution in [1.82, 2.24) is 20.9 Å². The number of carbonyl (C=O) groups is 1. The summed E-state index contributed by atoms with van der Waals surface area (Å²) in [6, 6.07) is 10.5. The van der Waals surface area contributed by atoms with Gasteiger partial charge in [-0.1, -0.05) is 25.5 Å². The fraction of sp³-hybridized carbons (Fsp3) is 0.269. The lowest BCUT2D eigenvalue weighted by Crippen LogP contribution is -2.32. The average molecular weight is 555 g/mol. The molecule has 0 radical (unpaired) electrons. The van der Waals surface area contributed by atoms with E-state index in [9.17, 15) is 18.0 Å². The summed E-state index contributed by atoms with van der Waals surface area (Å²) in [6.07, 6.45) is 4.25. The fourth-order valence-electron chi connectivity index (χ4n) is 4.26. The van der Waals surface area contributed by atoms with Crippen molar-refractivity contribution in [2.75, 3.05) is 23.4 Å². The lowest BCUT2D eigenvalue weighted by atomic mass is 10.1. The van der Waals surface area contributed by atoms with Crippen molar-refractivity contribution in [1.29, 1.82) is 0 Å². The number of anilines is 2. The number of aromatic nitrogens is 2. The van der Waals surface area contributed by atoms with E-state index in [-0.39, 0.29) is 22.3 Å². The number of nitrogens with zero attached hydrogens (tertiary/aromatic N) is 2. The van der Waals surface area contributed by atoms with E-state index in [1.165, 1.54) is 29.8 Å². The molecular formula is C26H30N6O6S. The van der Waals surface area contributed by atoms with E-state index in [0.29, 0.717) is 40.6 Å². The number of hydrogen-bond donors (Lipinski definition) is 5. The number of hydrazine groups is 1. The Balaban J connectivity index is 1.69. The molecule has 0 saturated heterocycles. The third kappa shape index (κ3) is 6.11. The summed E-state index contributed by atoms with van der Waals surface area (Å²) in [4.78, 5) is 31.6. The molecule has 0 saturated carbocycles. The maximum atomic E-state index is 13.3. The van der Waals surface area contributed by atoms with Crippen LogP contribution in [0, 0.1) is 0 Å².